The van der Waals surface area contributed by atoms with Gasteiger partial charge >= 0.3 is 0 Å². The second-order valence-corrected chi connectivity index (χ2v) is 7.96. The second-order valence-electron chi connectivity index (χ2n) is 6.36. The number of anilines is 1. The van der Waals surface area contributed by atoms with Crippen LogP contribution in [-0.4, -0.2) is 0 Å². The molecular weight excluding hydrogens is 393 g/mol. The predicted octanol–water partition coefficient (Wildman–Crippen LogP) is 6.42. The molecule has 0 aliphatic carbocycles. The Morgan fingerprint density at radius 1 is 1.05 bits per heavy atom. The number of benzene rings is 2. The van der Waals surface area contributed by atoms with E-state index < -0.39 is 0 Å². The molecule has 21 heavy (non-hydrogen) atoms. The molecule has 0 amide bonds. The Labute approximate surface area is 146 Å². The third-order valence-corrected chi connectivity index (χ3v) is 4.71. The highest BCUT2D eigenvalue weighted by molar-refractivity contribution is 14.1. The maximum atomic E-state index is 6.00. The molecule has 3 heteroatoms. The zero-order valence-corrected chi connectivity index (χ0v) is 15.8. The lowest BCUT2D eigenvalue weighted by atomic mass is 9.86. The quantitative estimate of drug-likeness (QED) is 0.573. The summed E-state index contributed by atoms with van der Waals surface area (Å²) in [6.07, 6.45) is 0. The Bertz CT molecular complexity index is 614. The standard InChI is InChI=1S/C18H21ClIN/c1-12(21-17-10-9-15(19)11-16(17)20)13-5-7-14(8-6-13)18(2,3)4/h5-12,21H,1-4H3. The summed E-state index contributed by atoms with van der Waals surface area (Å²) < 4.78 is 1.14. The van der Waals surface area contributed by atoms with Crippen LogP contribution in [0.5, 0.6) is 0 Å². The van der Waals surface area contributed by atoms with Crippen molar-refractivity contribution >= 4 is 39.9 Å². The lowest BCUT2D eigenvalue weighted by Gasteiger charge is -2.21. The Hall–Kier alpha value is -0.740. The monoisotopic (exact) mass is 413 g/mol. The summed E-state index contributed by atoms with van der Waals surface area (Å²) in [7, 11) is 0. The first-order valence-electron chi connectivity index (χ1n) is 7.09. The Balaban J connectivity index is 2.15. The van der Waals surface area contributed by atoms with Crippen LogP contribution in [0.2, 0.25) is 5.02 Å². The molecule has 1 nitrogen and oxygen atoms in total. The first-order valence-corrected chi connectivity index (χ1v) is 8.55. The van der Waals surface area contributed by atoms with Gasteiger partial charge in [-0.1, -0.05) is 56.6 Å². The largest absolute Gasteiger partial charge is 0.378 e. The molecule has 2 aromatic rings. The molecule has 0 aromatic heterocycles. The predicted molar refractivity (Wildman–Crippen MR) is 101 cm³/mol. The molecule has 112 valence electrons. The van der Waals surface area contributed by atoms with Gasteiger partial charge in [-0.2, -0.15) is 0 Å². The zero-order valence-electron chi connectivity index (χ0n) is 12.9. The van der Waals surface area contributed by atoms with Crippen molar-refractivity contribution in [2.75, 3.05) is 5.32 Å². The number of nitrogens with one attached hydrogen (secondary N) is 1. The molecule has 0 spiro atoms. The van der Waals surface area contributed by atoms with Gasteiger partial charge in [0.05, 0.1) is 0 Å². The van der Waals surface area contributed by atoms with E-state index in [0.717, 1.165) is 14.3 Å². The van der Waals surface area contributed by atoms with Gasteiger partial charge in [0.15, 0.2) is 0 Å². The third kappa shape index (κ3) is 4.36. The van der Waals surface area contributed by atoms with Crippen molar-refractivity contribution in [1.29, 1.82) is 0 Å². The molecule has 0 radical (unpaired) electrons. The van der Waals surface area contributed by atoms with E-state index in [1.807, 2.05) is 18.2 Å². The van der Waals surface area contributed by atoms with Crippen LogP contribution >= 0.6 is 34.2 Å². The molecule has 0 heterocycles. The minimum atomic E-state index is 0.195. The van der Waals surface area contributed by atoms with Crippen molar-refractivity contribution in [1.82, 2.24) is 0 Å². The van der Waals surface area contributed by atoms with Gasteiger partial charge in [0.25, 0.3) is 0 Å². The lowest BCUT2D eigenvalue weighted by molar-refractivity contribution is 0.589. The summed E-state index contributed by atoms with van der Waals surface area (Å²) in [6, 6.07) is 15.0. The van der Waals surface area contributed by atoms with Gasteiger partial charge in [0.1, 0.15) is 0 Å². The highest BCUT2D eigenvalue weighted by Crippen LogP contribution is 2.28. The Kier molecular flexibility index (Phi) is 5.20. The van der Waals surface area contributed by atoms with E-state index in [0.29, 0.717) is 0 Å². The lowest BCUT2D eigenvalue weighted by Crippen LogP contribution is -2.12. The van der Waals surface area contributed by atoms with Crippen LogP contribution in [0.4, 0.5) is 5.69 Å². The molecule has 0 aliphatic rings. The topological polar surface area (TPSA) is 12.0 Å². The second kappa shape index (κ2) is 6.57. The summed E-state index contributed by atoms with van der Waals surface area (Å²) in [5, 5.41) is 4.32. The molecule has 0 aliphatic heterocycles. The van der Waals surface area contributed by atoms with E-state index in [1.165, 1.54) is 11.1 Å². The normalized spacial score (nSPS) is 13.0. The zero-order chi connectivity index (χ0) is 15.6. The van der Waals surface area contributed by atoms with Crippen LogP contribution in [0.3, 0.4) is 0 Å². The minimum Gasteiger partial charge on any atom is -0.378 e. The number of rotatable bonds is 3. The van der Waals surface area contributed by atoms with E-state index in [1.54, 1.807) is 0 Å². The number of hydrogen-bond donors (Lipinski definition) is 1. The van der Waals surface area contributed by atoms with Crippen LogP contribution in [0, 0.1) is 3.57 Å². The molecule has 0 fully saturated rings. The van der Waals surface area contributed by atoms with Gasteiger partial charge in [0.2, 0.25) is 0 Å². The summed E-state index contributed by atoms with van der Waals surface area (Å²) in [4.78, 5) is 0. The van der Waals surface area contributed by atoms with E-state index >= 15 is 0 Å². The molecule has 0 saturated carbocycles. The highest BCUT2D eigenvalue weighted by Gasteiger charge is 2.14. The first-order chi connectivity index (χ1) is 9.77. The smallest absolute Gasteiger partial charge is 0.0486 e. The van der Waals surface area contributed by atoms with E-state index in [-0.39, 0.29) is 11.5 Å². The SMILES string of the molecule is CC(Nc1ccc(Cl)cc1I)c1ccc(C(C)(C)C)cc1. The fourth-order valence-corrected chi connectivity index (χ4v) is 3.22. The molecule has 1 unspecified atom stereocenters. The number of halogens is 2. The number of hydrogen-bond acceptors (Lipinski definition) is 1. The molecule has 0 saturated heterocycles. The maximum absolute atomic E-state index is 6.00. The van der Waals surface area contributed by atoms with Gasteiger partial charge in [-0.15, -0.1) is 0 Å². The van der Waals surface area contributed by atoms with E-state index in [4.69, 9.17) is 11.6 Å². The van der Waals surface area contributed by atoms with Crippen molar-refractivity contribution in [2.24, 2.45) is 0 Å². The molecule has 1 N–H and O–H groups in total. The molecule has 0 bridgehead atoms. The molecule has 2 rings (SSSR count). The average molecular weight is 414 g/mol. The van der Waals surface area contributed by atoms with Crippen molar-refractivity contribution < 1.29 is 0 Å². The van der Waals surface area contributed by atoms with Gasteiger partial charge in [-0.05, 0) is 64.3 Å². The van der Waals surface area contributed by atoms with Gasteiger partial charge in [-0.25, -0.2) is 0 Å². The van der Waals surface area contributed by atoms with Crippen molar-refractivity contribution in [3.8, 4) is 0 Å². The highest BCUT2D eigenvalue weighted by atomic mass is 127. The summed E-state index contributed by atoms with van der Waals surface area (Å²) in [5.74, 6) is 0. The molecule has 1 atom stereocenters. The Morgan fingerprint density at radius 2 is 1.67 bits per heavy atom. The fourth-order valence-electron chi connectivity index (χ4n) is 2.19. The summed E-state index contributed by atoms with van der Waals surface area (Å²) >= 11 is 8.31. The van der Waals surface area contributed by atoms with E-state index in [9.17, 15) is 0 Å². The summed E-state index contributed by atoms with van der Waals surface area (Å²) in [5.41, 5.74) is 3.96. The minimum absolute atomic E-state index is 0.195. The average Bonchev–Trinajstić information content (AvgIpc) is 2.41. The van der Waals surface area contributed by atoms with E-state index in [2.05, 4.69) is 79.9 Å². The Morgan fingerprint density at radius 3 is 2.19 bits per heavy atom. The van der Waals surface area contributed by atoms with Crippen LogP contribution < -0.4 is 5.32 Å². The molecule has 2 aromatic carbocycles. The third-order valence-electron chi connectivity index (χ3n) is 3.58. The van der Waals surface area contributed by atoms with Gasteiger partial charge < -0.3 is 5.32 Å². The van der Waals surface area contributed by atoms with Crippen LogP contribution in [0.15, 0.2) is 42.5 Å². The van der Waals surface area contributed by atoms with Gasteiger partial charge in [-0.3, -0.25) is 0 Å². The van der Waals surface area contributed by atoms with Crippen LogP contribution in [0.1, 0.15) is 44.9 Å². The first kappa shape index (κ1) is 16.6. The van der Waals surface area contributed by atoms with Crippen molar-refractivity contribution in [3.05, 3.63) is 62.2 Å². The van der Waals surface area contributed by atoms with Crippen LogP contribution in [-0.2, 0) is 5.41 Å². The van der Waals surface area contributed by atoms with Crippen LogP contribution in [0.25, 0.3) is 0 Å². The molecular formula is C18H21ClIN. The van der Waals surface area contributed by atoms with Crippen molar-refractivity contribution in [2.45, 2.75) is 39.2 Å². The van der Waals surface area contributed by atoms with Gasteiger partial charge in [0, 0.05) is 20.3 Å². The summed E-state index contributed by atoms with van der Waals surface area (Å²) in [6.45, 7) is 8.88. The van der Waals surface area contributed by atoms with Crippen molar-refractivity contribution in [3.63, 3.8) is 0 Å². The fraction of sp³-hybridized carbons (Fsp3) is 0.333. The maximum Gasteiger partial charge on any atom is 0.0486 e.